The molecule has 0 amide bonds. The SMILES string of the molecule is C=CCC1CCCN(c2ncnc3[nH]ccc23)C1. The van der Waals surface area contributed by atoms with Crippen LogP contribution in [0.1, 0.15) is 19.3 Å². The quantitative estimate of drug-likeness (QED) is 0.842. The van der Waals surface area contributed by atoms with Crippen LogP contribution in [-0.2, 0) is 0 Å². The largest absolute Gasteiger partial charge is 0.356 e. The Hall–Kier alpha value is -1.84. The second-order valence-electron chi connectivity index (χ2n) is 4.92. The molecular weight excluding hydrogens is 224 g/mol. The Balaban J connectivity index is 1.89. The molecule has 0 spiro atoms. The van der Waals surface area contributed by atoms with Gasteiger partial charge in [0.25, 0.3) is 0 Å². The molecule has 1 atom stereocenters. The van der Waals surface area contributed by atoms with Crippen molar-refractivity contribution in [1.82, 2.24) is 15.0 Å². The van der Waals surface area contributed by atoms with Crippen molar-refractivity contribution in [2.24, 2.45) is 5.92 Å². The Morgan fingerprint density at radius 1 is 1.50 bits per heavy atom. The first-order chi connectivity index (χ1) is 8.88. The molecule has 1 fully saturated rings. The van der Waals surface area contributed by atoms with Crippen LogP contribution < -0.4 is 4.90 Å². The minimum atomic E-state index is 0.709. The number of piperidine rings is 1. The minimum absolute atomic E-state index is 0.709. The van der Waals surface area contributed by atoms with Crippen molar-refractivity contribution >= 4 is 16.9 Å². The number of aromatic amines is 1. The second kappa shape index (κ2) is 4.80. The molecule has 0 bridgehead atoms. The topological polar surface area (TPSA) is 44.8 Å². The molecule has 4 heteroatoms. The highest BCUT2D eigenvalue weighted by molar-refractivity contribution is 5.87. The van der Waals surface area contributed by atoms with E-state index in [0.717, 1.165) is 36.4 Å². The van der Waals surface area contributed by atoms with Crippen molar-refractivity contribution < 1.29 is 0 Å². The van der Waals surface area contributed by atoms with Gasteiger partial charge in [0.05, 0.1) is 5.39 Å². The number of aromatic nitrogens is 3. The van der Waals surface area contributed by atoms with E-state index in [1.54, 1.807) is 6.33 Å². The number of rotatable bonds is 3. The summed E-state index contributed by atoms with van der Waals surface area (Å²) in [5.74, 6) is 1.77. The van der Waals surface area contributed by atoms with Gasteiger partial charge in [-0.3, -0.25) is 0 Å². The Morgan fingerprint density at radius 2 is 2.44 bits per heavy atom. The highest BCUT2D eigenvalue weighted by atomic mass is 15.2. The number of nitrogens with one attached hydrogen (secondary N) is 1. The normalized spacial score (nSPS) is 20.2. The molecule has 0 aromatic carbocycles. The molecule has 1 N–H and O–H groups in total. The van der Waals surface area contributed by atoms with Gasteiger partial charge in [0, 0.05) is 19.3 Å². The van der Waals surface area contributed by atoms with E-state index in [1.807, 2.05) is 12.3 Å². The third kappa shape index (κ3) is 1.98. The standard InChI is InChI=1S/C14H18N4/c1-2-4-11-5-3-8-18(9-11)14-12-6-7-15-13(12)16-10-17-14/h2,6-7,10-11H,1,3-5,8-9H2,(H,15,16,17). The zero-order valence-electron chi connectivity index (χ0n) is 10.5. The molecule has 0 saturated carbocycles. The summed E-state index contributed by atoms with van der Waals surface area (Å²) in [6, 6.07) is 2.06. The highest BCUT2D eigenvalue weighted by Crippen LogP contribution is 2.28. The Morgan fingerprint density at radius 3 is 3.33 bits per heavy atom. The third-order valence-corrected chi connectivity index (χ3v) is 3.65. The molecule has 2 aromatic rings. The Kier molecular flexibility index (Phi) is 3.00. The summed E-state index contributed by atoms with van der Waals surface area (Å²) >= 11 is 0. The zero-order chi connectivity index (χ0) is 12.4. The third-order valence-electron chi connectivity index (χ3n) is 3.65. The van der Waals surface area contributed by atoms with Crippen molar-refractivity contribution in [3.05, 3.63) is 31.2 Å². The Labute approximate surface area is 107 Å². The lowest BCUT2D eigenvalue weighted by Gasteiger charge is -2.33. The van der Waals surface area contributed by atoms with E-state index in [0.29, 0.717) is 5.92 Å². The molecule has 1 saturated heterocycles. The van der Waals surface area contributed by atoms with Gasteiger partial charge in [-0.05, 0) is 31.2 Å². The van der Waals surface area contributed by atoms with E-state index in [2.05, 4.69) is 32.5 Å². The predicted molar refractivity (Wildman–Crippen MR) is 73.6 cm³/mol. The van der Waals surface area contributed by atoms with Crippen LogP contribution in [0.5, 0.6) is 0 Å². The number of allylic oxidation sites excluding steroid dienone is 1. The molecule has 3 heterocycles. The van der Waals surface area contributed by atoms with E-state index in [4.69, 9.17) is 0 Å². The van der Waals surface area contributed by atoms with Gasteiger partial charge in [0.15, 0.2) is 0 Å². The lowest BCUT2D eigenvalue weighted by Crippen LogP contribution is -2.35. The van der Waals surface area contributed by atoms with Gasteiger partial charge in [-0.25, -0.2) is 9.97 Å². The molecule has 1 unspecified atom stereocenters. The molecule has 1 aliphatic heterocycles. The van der Waals surface area contributed by atoms with Crippen LogP contribution in [0.3, 0.4) is 0 Å². The highest BCUT2D eigenvalue weighted by Gasteiger charge is 2.21. The number of H-pyrrole nitrogens is 1. The fourth-order valence-corrected chi connectivity index (χ4v) is 2.80. The second-order valence-corrected chi connectivity index (χ2v) is 4.92. The van der Waals surface area contributed by atoms with Crippen molar-refractivity contribution in [3.63, 3.8) is 0 Å². The molecule has 0 radical (unpaired) electrons. The summed E-state index contributed by atoms with van der Waals surface area (Å²) in [6.45, 7) is 6.01. The number of nitrogens with zero attached hydrogens (tertiary/aromatic N) is 3. The molecular formula is C14H18N4. The van der Waals surface area contributed by atoms with Gasteiger partial charge in [-0.2, -0.15) is 0 Å². The number of anilines is 1. The Bertz CT molecular complexity index is 545. The molecule has 1 aliphatic rings. The molecule has 18 heavy (non-hydrogen) atoms. The first kappa shape index (κ1) is 11.3. The van der Waals surface area contributed by atoms with Gasteiger partial charge in [-0.1, -0.05) is 6.08 Å². The van der Waals surface area contributed by atoms with Gasteiger partial charge in [0.1, 0.15) is 17.8 Å². The van der Waals surface area contributed by atoms with E-state index in [-0.39, 0.29) is 0 Å². The first-order valence-corrected chi connectivity index (χ1v) is 6.52. The fraction of sp³-hybridized carbons (Fsp3) is 0.429. The maximum absolute atomic E-state index is 4.47. The van der Waals surface area contributed by atoms with Crippen LogP contribution in [0.2, 0.25) is 0 Å². The van der Waals surface area contributed by atoms with E-state index in [1.165, 1.54) is 12.8 Å². The average Bonchev–Trinajstić information content (AvgIpc) is 2.87. The monoisotopic (exact) mass is 242 g/mol. The number of hydrogen-bond donors (Lipinski definition) is 1. The van der Waals surface area contributed by atoms with Gasteiger partial charge in [0.2, 0.25) is 0 Å². The molecule has 0 aliphatic carbocycles. The van der Waals surface area contributed by atoms with Crippen LogP contribution in [0.25, 0.3) is 11.0 Å². The summed E-state index contributed by atoms with van der Waals surface area (Å²) in [6.07, 6.45) is 9.22. The zero-order valence-corrected chi connectivity index (χ0v) is 10.5. The van der Waals surface area contributed by atoms with Crippen LogP contribution in [0.4, 0.5) is 5.82 Å². The maximum Gasteiger partial charge on any atom is 0.142 e. The summed E-state index contributed by atoms with van der Waals surface area (Å²) in [7, 11) is 0. The smallest absolute Gasteiger partial charge is 0.142 e. The summed E-state index contributed by atoms with van der Waals surface area (Å²) < 4.78 is 0. The lowest BCUT2D eigenvalue weighted by atomic mass is 9.95. The van der Waals surface area contributed by atoms with Gasteiger partial charge in [-0.15, -0.1) is 6.58 Å². The predicted octanol–water partition coefficient (Wildman–Crippen LogP) is 2.75. The average molecular weight is 242 g/mol. The van der Waals surface area contributed by atoms with Crippen molar-refractivity contribution in [3.8, 4) is 0 Å². The first-order valence-electron chi connectivity index (χ1n) is 6.52. The fourth-order valence-electron chi connectivity index (χ4n) is 2.80. The molecule has 94 valence electrons. The van der Waals surface area contributed by atoms with Crippen LogP contribution in [0.15, 0.2) is 31.2 Å². The van der Waals surface area contributed by atoms with Crippen molar-refractivity contribution in [2.75, 3.05) is 18.0 Å². The van der Waals surface area contributed by atoms with Crippen molar-refractivity contribution in [2.45, 2.75) is 19.3 Å². The van der Waals surface area contributed by atoms with Crippen LogP contribution in [0, 0.1) is 5.92 Å². The van der Waals surface area contributed by atoms with E-state index >= 15 is 0 Å². The molecule has 3 rings (SSSR count). The summed E-state index contributed by atoms with van der Waals surface area (Å²) in [5.41, 5.74) is 0.922. The summed E-state index contributed by atoms with van der Waals surface area (Å²) in [4.78, 5) is 14.2. The van der Waals surface area contributed by atoms with Crippen LogP contribution in [-0.4, -0.2) is 28.0 Å². The number of hydrogen-bond acceptors (Lipinski definition) is 3. The summed E-state index contributed by atoms with van der Waals surface area (Å²) in [5, 5.41) is 1.12. The molecule has 2 aromatic heterocycles. The lowest BCUT2D eigenvalue weighted by molar-refractivity contribution is 0.418. The maximum atomic E-state index is 4.47. The van der Waals surface area contributed by atoms with Gasteiger partial charge < -0.3 is 9.88 Å². The van der Waals surface area contributed by atoms with E-state index < -0.39 is 0 Å². The van der Waals surface area contributed by atoms with Crippen LogP contribution >= 0.6 is 0 Å². The molecule has 4 nitrogen and oxygen atoms in total. The van der Waals surface area contributed by atoms with Crippen molar-refractivity contribution in [1.29, 1.82) is 0 Å². The number of fused-ring (bicyclic) bond motifs is 1. The minimum Gasteiger partial charge on any atom is -0.356 e. The van der Waals surface area contributed by atoms with E-state index in [9.17, 15) is 0 Å². The van der Waals surface area contributed by atoms with Gasteiger partial charge >= 0.3 is 0 Å².